The van der Waals surface area contributed by atoms with E-state index in [-0.39, 0.29) is 11.3 Å². The number of alkyl halides is 3. The van der Waals surface area contributed by atoms with E-state index in [4.69, 9.17) is 4.74 Å². The fourth-order valence-corrected chi connectivity index (χ4v) is 3.51. The first kappa shape index (κ1) is 22.4. The molecule has 0 fully saturated rings. The highest BCUT2D eigenvalue weighted by atomic mass is 19.4. The van der Waals surface area contributed by atoms with E-state index in [0.717, 1.165) is 29.2 Å². The molecule has 0 bridgehead atoms. The molecule has 0 aliphatic carbocycles. The van der Waals surface area contributed by atoms with Gasteiger partial charge in [-0.25, -0.2) is 0 Å². The zero-order valence-corrected chi connectivity index (χ0v) is 17.4. The second-order valence-electron chi connectivity index (χ2n) is 8.21. The molecule has 8 heteroatoms. The molecule has 1 aliphatic rings. The number of rotatable bonds is 4. The maximum absolute atomic E-state index is 13.2. The number of para-hydroxylation sites is 1. The average Bonchev–Trinajstić information content (AvgIpc) is 2.96. The lowest BCUT2D eigenvalue weighted by atomic mass is 9.82. The number of aliphatic hydroxyl groups excluding tert-OH is 1. The number of nitrogens with zero attached hydrogens (tertiary/aromatic N) is 1. The first-order valence-electron chi connectivity index (χ1n) is 9.49. The van der Waals surface area contributed by atoms with Crippen LogP contribution in [0.15, 0.2) is 59.9 Å². The van der Waals surface area contributed by atoms with E-state index in [2.05, 4.69) is 0 Å². The largest absolute Gasteiger partial charge is 0.503 e. The summed E-state index contributed by atoms with van der Waals surface area (Å²) in [5.41, 5.74) is -1.38. The van der Waals surface area contributed by atoms with Gasteiger partial charge in [-0.3, -0.25) is 14.5 Å². The van der Waals surface area contributed by atoms with Gasteiger partial charge in [0.15, 0.2) is 11.5 Å². The van der Waals surface area contributed by atoms with E-state index in [1.807, 2.05) is 0 Å². The van der Waals surface area contributed by atoms with Gasteiger partial charge < -0.3 is 9.84 Å². The molecule has 0 aromatic heterocycles. The molecular weight excluding hydrogens is 411 g/mol. The van der Waals surface area contributed by atoms with Gasteiger partial charge in [-0.05, 0) is 30.3 Å². The topological polar surface area (TPSA) is 66.8 Å². The summed E-state index contributed by atoms with van der Waals surface area (Å²) in [4.78, 5) is 27.3. The Balaban J connectivity index is 2.21. The number of benzene rings is 2. The first-order valence-corrected chi connectivity index (χ1v) is 9.49. The van der Waals surface area contributed by atoms with Gasteiger partial charge in [-0.1, -0.05) is 39.0 Å². The average molecular weight is 433 g/mol. The van der Waals surface area contributed by atoms with Gasteiger partial charge in [0.25, 0.3) is 5.91 Å². The molecule has 0 radical (unpaired) electrons. The molecule has 1 unspecified atom stereocenters. The third-order valence-electron chi connectivity index (χ3n) is 5.04. The number of methoxy groups -OCH3 is 1. The summed E-state index contributed by atoms with van der Waals surface area (Å²) in [6, 6.07) is 9.58. The minimum atomic E-state index is -4.54. The van der Waals surface area contributed by atoms with Crippen molar-refractivity contribution in [3.8, 4) is 5.75 Å². The van der Waals surface area contributed by atoms with Crippen LogP contribution < -0.4 is 9.64 Å². The number of hydrogen-bond acceptors (Lipinski definition) is 4. The maximum atomic E-state index is 13.2. The van der Waals surface area contributed by atoms with Crippen LogP contribution in [0.25, 0.3) is 0 Å². The van der Waals surface area contributed by atoms with Gasteiger partial charge >= 0.3 is 6.18 Å². The lowest BCUT2D eigenvalue weighted by molar-refractivity contribution is -0.137. The summed E-state index contributed by atoms with van der Waals surface area (Å²) >= 11 is 0. The number of Topliss-reactive ketones (excluding diaryl/α,β-unsaturated/α-hetero) is 1. The van der Waals surface area contributed by atoms with Crippen LogP contribution in [0.4, 0.5) is 18.9 Å². The molecule has 1 aliphatic heterocycles. The normalized spacial score (nSPS) is 17.3. The minimum Gasteiger partial charge on any atom is -0.503 e. The first-order chi connectivity index (χ1) is 14.4. The molecule has 2 aromatic carbocycles. The van der Waals surface area contributed by atoms with Crippen molar-refractivity contribution in [3.05, 3.63) is 71.0 Å². The molecule has 3 rings (SSSR count). The fourth-order valence-electron chi connectivity index (χ4n) is 3.51. The van der Waals surface area contributed by atoms with E-state index >= 15 is 0 Å². The second kappa shape index (κ2) is 7.76. The lowest BCUT2D eigenvalue weighted by Gasteiger charge is -2.30. The van der Waals surface area contributed by atoms with Crippen LogP contribution in [0.2, 0.25) is 0 Å². The summed E-state index contributed by atoms with van der Waals surface area (Å²) < 4.78 is 44.3. The van der Waals surface area contributed by atoms with Crippen LogP contribution in [0.3, 0.4) is 0 Å². The Hall–Kier alpha value is -3.29. The number of carbonyl (C=O) groups excluding carboxylic acids is 2. The molecular formula is C23H22F3NO4. The zero-order valence-electron chi connectivity index (χ0n) is 17.4. The van der Waals surface area contributed by atoms with Crippen molar-refractivity contribution in [2.45, 2.75) is 33.0 Å². The monoisotopic (exact) mass is 433 g/mol. The Morgan fingerprint density at radius 3 is 2.13 bits per heavy atom. The van der Waals surface area contributed by atoms with Gasteiger partial charge in [-0.15, -0.1) is 0 Å². The van der Waals surface area contributed by atoms with Crippen molar-refractivity contribution in [2.75, 3.05) is 12.0 Å². The SMILES string of the molecule is COc1ccccc1C1C(C(=O)C(C)(C)C)=C(O)C(=O)N1c1ccc(C(F)(F)F)cc1. The standard InChI is InChI=1S/C23H22F3NO4/c1-22(2,3)20(29)17-18(15-7-5-6-8-16(15)31-4)27(21(30)19(17)28)14-11-9-13(10-12-14)23(24,25)26/h5-12,18,28H,1-4H3. The lowest BCUT2D eigenvalue weighted by Crippen LogP contribution is -2.33. The van der Waals surface area contributed by atoms with Crippen LogP contribution in [-0.4, -0.2) is 23.9 Å². The molecule has 1 N–H and O–H groups in total. The third-order valence-corrected chi connectivity index (χ3v) is 5.04. The maximum Gasteiger partial charge on any atom is 0.416 e. The molecule has 0 saturated heterocycles. The minimum absolute atomic E-state index is 0.108. The van der Waals surface area contributed by atoms with Gasteiger partial charge in [0, 0.05) is 16.7 Å². The van der Waals surface area contributed by atoms with Gasteiger partial charge in [0.2, 0.25) is 0 Å². The molecule has 1 amide bonds. The van der Waals surface area contributed by atoms with E-state index in [1.165, 1.54) is 7.11 Å². The zero-order chi connectivity index (χ0) is 23.1. The second-order valence-corrected chi connectivity index (χ2v) is 8.21. The Morgan fingerprint density at radius 2 is 1.61 bits per heavy atom. The van der Waals surface area contributed by atoms with Crippen LogP contribution in [0.1, 0.15) is 37.9 Å². The number of anilines is 1. The smallest absolute Gasteiger partial charge is 0.416 e. The Kier molecular flexibility index (Phi) is 5.60. The highest BCUT2D eigenvalue weighted by molar-refractivity contribution is 6.17. The number of amides is 1. The molecule has 1 heterocycles. The number of hydrogen-bond donors (Lipinski definition) is 1. The molecule has 5 nitrogen and oxygen atoms in total. The van der Waals surface area contributed by atoms with Gasteiger partial charge in [0.1, 0.15) is 5.75 Å². The van der Waals surface area contributed by atoms with E-state index in [0.29, 0.717) is 11.3 Å². The van der Waals surface area contributed by atoms with Crippen LogP contribution in [0, 0.1) is 5.41 Å². The van der Waals surface area contributed by atoms with Gasteiger partial charge in [-0.2, -0.15) is 13.2 Å². The Bertz CT molecular complexity index is 1050. The summed E-state index contributed by atoms with van der Waals surface area (Å²) in [5, 5.41) is 10.6. The number of carbonyl (C=O) groups is 2. The quantitative estimate of drug-likeness (QED) is 0.717. The Labute approximate surface area is 177 Å². The number of ether oxygens (including phenoxy) is 1. The summed E-state index contributed by atoms with van der Waals surface area (Å²) in [7, 11) is 1.42. The highest BCUT2D eigenvalue weighted by Gasteiger charge is 2.47. The molecule has 2 aromatic rings. The fraction of sp³-hybridized carbons (Fsp3) is 0.304. The molecule has 0 spiro atoms. The summed E-state index contributed by atoms with van der Waals surface area (Å²) in [5.74, 6) is -1.69. The van der Waals surface area contributed by atoms with E-state index in [1.54, 1.807) is 45.0 Å². The summed E-state index contributed by atoms with van der Waals surface area (Å²) in [6.45, 7) is 4.96. The van der Waals surface area contributed by atoms with Crippen LogP contribution >= 0.6 is 0 Å². The van der Waals surface area contributed by atoms with Crippen LogP contribution in [-0.2, 0) is 15.8 Å². The number of aliphatic hydroxyl groups is 1. The van der Waals surface area contributed by atoms with E-state index < -0.39 is 40.6 Å². The van der Waals surface area contributed by atoms with Crippen molar-refractivity contribution < 1.29 is 32.6 Å². The van der Waals surface area contributed by atoms with E-state index in [9.17, 15) is 27.9 Å². The van der Waals surface area contributed by atoms with Crippen molar-refractivity contribution in [1.82, 2.24) is 0 Å². The summed E-state index contributed by atoms with van der Waals surface area (Å²) in [6.07, 6.45) is -4.54. The Morgan fingerprint density at radius 1 is 1.03 bits per heavy atom. The number of halogens is 3. The predicted molar refractivity (Wildman–Crippen MR) is 109 cm³/mol. The van der Waals surface area contributed by atoms with Crippen molar-refractivity contribution in [1.29, 1.82) is 0 Å². The molecule has 0 saturated carbocycles. The van der Waals surface area contributed by atoms with Gasteiger partial charge in [0.05, 0.1) is 24.3 Å². The highest BCUT2D eigenvalue weighted by Crippen LogP contribution is 2.46. The molecule has 31 heavy (non-hydrogen) atoms. The molecule has 1 atom stereocenters. The van der Waals surface area contributed by atoms with Crippen LogP contribution in [0.5, 0.6) is 5.75 Å². The third kappa shape index (κ3) is 4.02. The molecule has 164 valence electrons. The van der Waals surface area contributed by atoms with Crippen molar-refractivity contribution >= 4 is 17.4 Å². The van der Waals surface area contributed by atoms with Crippen molar-refractivity contribution in [3.63, 3.8) is 0 Å². The predicted octanol–water partition coefficient (Wildman–Crippen LogP) is 5.23. The number of ketones is 1. The van der Waals surface area contributed by atoms with Crippen molar-refractivity contribution in [2.24, 2.45) is 5.41 Å².